The van der Waals surface area contributed by atoms with Gasteiger partial charge in [0.25, 0.3) is 5.91 Å². The predicted molar refractivity (Wildman–Crippen MR) is 136 cm³/mol. The first-order valence-electron chi connectivity index (χ1n) is 10.9. The van der Waals surface area contributed by atoms with E-state index >= 15 is 0 Å². The number of benzene rings is 3. The average molecular weight is 480 g/mol. The molecule has 0 radical (unpaired) electrons. The lowest BCUT2D eigenvalue weighted by Gasteiger charge is -2.28. The van der Waals surface area contributed by atoms with Crippen LogP contribution in [0.25, 0.3) is 0 Å². The van der Waals surface area contributed by atoms with Crippen molar-refractivity contribution in [3.8, 4) is 0 Å². The van der Waals surface area contributed by atoms with Crippen LogP contribution in [-0.4, -0.2) is 39.1 Å². The van der Waals surface area contributed by atoms with Gasteiger partial charge in [-0.1, -0.05) is 60.2 Å². The van der Waals surface area contributed by atoms with Gasteiger partial charge in [0.2, 0.25) is 15.9 Å². The molecule has 0 aromatic heterocycles. The third-order valence-electron chi connectivity index (χ3n) is 5.35. The first kappa shape index (κ1) is 25.0. The van der Waals surface area contributed by atoms with E-state index in [9.17, 15) is 18.0 Å². The number of para-hydroxylation sites is 1. The van der Waals surface area contributed by atoms with Gasteiger partial charge in [-0.2, -0.15) is 0 Å². The van der Waals surface area contributed by atoms with Crippen molar-refractivity contribution >= 4 is 33.2 Å². The molecule has 0 aliphatic heterocycles. The summed E-state index contributed by atoms with van der Waals surface area (Å²) >= 11 is 0. The number of carbonyl (C=O) groups excluding carboxylic acids is 2. The maximum Gasteiger partial charge on any atom is 0.253 e. The molecule has 3 aromatic carbocycles. The zero-order valence-corrected chi connectivity index (χ0v) is 20.3. The fourth-order valence-electron chi connectivity index (χ4n) is 3.59. The van der Waals surface area contributed by atoms with Crippen LogP contribution in [0.2, 0.25) is 0 Å². The Kier molecular flexibility index (Phi) is 8.07. The average Bonchev–Trinajstić information content (AvgIpc) is 2.80. The molecule has 34 heavy (non-hydrogen) atoms. The molecule has 0 aliphatic carbocycles. The van der Waals surface area contributed by atoms with Gasteiger partial charge in [0.1, 0.15) is 6.04 Å². The van der Waals surface area contributed by atoms with Crippen molar-refractivity contribution in [3.63, 3.8) is 0 Å². The van der Waals surface area contributed by atoms with Gasteiger partial charge in [-0.05, 0) is 50.1 Å². The largest absolute Gasteiger partial charge is 0.352 e. The predicted octanol–water partition coefficient (Wildman–Crippen LogP) is 3.76. The molecule has 0 aliphatic rings. The lowest BCUT2D eigenvalue weighted by atomic mass is 10.1. The van der Waals surface area contributed by atoms with E-state index in [1.54, 1.807) is 48.5 Å². The summed E-state index contributed by atoms with van der Waals surface area (Å²) in [6.07, 6.45) is 1.74. The minimum Gasteiger partial charge on any atom is -0.352 e. The second-order valence-corrected chi connectivity index (χ2v) is 9.96. The summed E-state index contributed by atoms with van der Waals surface area (Å²) in [5.41, 5.74) is 3.09. The maximum absolute atomic E-state index is 13.1. The maximum atomic E-state index is 13.1. The highest BCUT2D eigenvalue weighted by Crippen LogP contribution is 2.23. The van der Waals surface area contributed by atoms with Crippen LogP contribution in [0.3, 0.4) is 0 Å². The van der Waals surface area contributed by atoms with Gasteiger partial charge >= 0.3 is 0 Å². The number of sulfonamides is 1. The van der Waals surface area contributed by atoms with E-state index in [1.165, 1.54) is 6.92 Å². The summed E-state index contributed by atoms with van der Waals surface area (Å²) in [5, 5.41) is 5.60. The zero-order valence-electron chi connectivity index (χ0n) is 19.5. The normalized spacial score (nSPS) is 12.0. The van der Waals surface area contributed by atoms with Crippen molar-refractivity contribution in [1.29, 1.82) is 0 Å². The molecule has 3 rings (SSSR count). The van der Waals surface area contributed by atoms with E-state index in [1.807, 2.05) is 37.3 Å². The van der Waals surface area contributed by atoms with Gasteiger partial charge in [0, 0.05) is 6.54 Å². The molecule has 0 heterocycles. The topological polar surface area (TPSA) is 95.6 Å². The molecule has 2 amide bonds. The van der Waals surface area contributed by atoms with Gasteiger partial charge < -0.3 is 10.6 Å². The second-order valence-electron chi connectivity index (χ2n) is 8.10. The van der Waals surface area contributed by atoms with Crippen LogP contribution in [0.15, 0.2) is 78.9 Å². The minimum absolute atomic E-state index is 0.303. The van der Waals surface area contributed by atoms with Crippen LogP contribution in [0.4, 0.5) is 11.4 Å². The lowest BCUT2D eigenvalue weighted by Crippen LogP contribution is -2.45. The fraction of sp³-hybridized carbons (Fsp3) is 0.231. The Labute approximate surface area is 200 Å². The standard InChI is InChI=1S/C26H29N3O4S/c1-19-13-15-22(16-14-19)29(34(3,32)33)20(2)25(30)28-24-12-8-7-11-23(24)26(31)27-18-17-21-9-5-4-6-10-21/h4-16,20H,17-18H2,1-3H3,(H,27,31)(H,28,30). The van der Waals surface area contributed by atoms with Gasteiger partial charge in [-0.15, -0.1) is 0 Å². The molecular formula is C26H29N3O4S. The zero-order chi connectivity index (χ0) is 24.7. The lowest BCUT2D eigenvalue weighted by molar-refractivity contribution is -0.116. The molecule has 3 aromatic rings. The summed E-state index contributed by atoms with van der Waals surface area (Å²) in [5.74, 6) is -0.867. The Hall–Kier alpha value is -3.65. The Balaban J connectivity index is 1.73. The molecule has 7 nitrogen and oxygen atoms in total. The van der Waals surface area contributed by atoms with Crippen molar-refractivity contribution in [3.05, 3.63) is 95.6 Å². The third kappa shape index (κ3) is 6.45. The number of rotatable bonds is 9. The molecule has 2 N–H and O–H groups in total. The first-order chi connectivity index (χ1) is 16.2. The second kappa shape index (κ2) is 11.0. The number of anilines is 2. The third-order valence-corrected chi connectivity index (χ3v) is 6.59. The van der Waals surface area contributed by atoms with Crippen LogP contribution in [0.5, 0.6) is 0 Å². The molecule has 1 atom stereocenters. The molecule has 8 heteroatoms. The van der Waals surface area contributed by atoms with Crippen molar-refractivity contribution < 1.29 is 18.0 Å². The van der Waals surface area contributed by atoms with Crippen molar-refractivity contribution in [2.45, 2.75) is 26.3 Å². The summed E-state index contributed by atoms with van der Waals surface area (Å²) in [7, 11) is -3.74. The van der Waals surface area contributed by atoms with Gasteiger partial charge in [-0.25, -0.2) is 8.42 Å². The molecule has 0 saturated carbocycles. The molecule has 0 fully saturated rings. The summed E-state index contributed by atoms with van der Waals surface area (Å²) in [6.45, 7) is 3.85. The Bertz CT molecular complexity index is 1240. The first-order valence-corrected chi connectivity index (χ1v) is 12.8. The highest BCUT2D eigenvalue weighted by Gasteiger charge is 2.29. The van der Waals surface area contributed by atoms with E-state index in [-0.39, 0.29) is 5.91 Å². The number of hydrogen-bond acceptors (Lipinski definition) is 4. The molecular weight excluding hydrogens is 450 g/mol. The number of carbonyl (C=O) groups is 2. The smallest absolute Gasteiger partial charge is 0.253 e. The molecule has 0 saturated heterocycles. The van der Waals surface area contributed by atoms with E-state index in [2.05, 4.69) is 10.6 Å². The monoisotopic (exact) mass is 479 g/mol. The summed E-state index contributed by atoms with van der Waals surface area (Å²) in [4.78, 5) is 25.9. The number of nitrogens with one attached hydrogen (secondary N) is 2. The van der Waals surface area contributed by atoms with Crippen LogP contribution >= 0.6 is 0 Å². The van der Waals surface area contributed by atoms with Gasteiger partial charge in [0.05, 0.1) is 23.2 Å². The van der Waals surface area contributed by atoms with E-state index in [0.29, 0.717) is 29.9 Å². The molecule has 1 unspecified atom stereocenters. The highest BCUT2D eigenvalue weighted by molar-refractivity contribution is 7.92. The van der Waals surface area contributed by atoms with Gasteiger partial charge in [0.15, 0.2) is 0 Å². The fourth-order valence-corrected chi connectivity index (χ4v) is 4.76. The highest BCUT2D eigenvalue weighted by atomic mass is 32.2. The Morgan fingerprint density at radius 1 is 0.912 bits per heavy atom. The SMILES string of the molecule is Cc1ccc(N(C(C)C(=O)Nc2ccccc2C(=O)NCCc2ccccc2)S(C)(=O)=O)cc1. The Morgan fingerprint density at radius 3 is 2.18 bits per heavy atom. The van der Waals surface area contributed by atoms with Crippen LogP contribution < -0.4 is 14.9 Å². The van der Waals surface area contributed by atoms with E-state index < -0.39 is 22.0 Å². The number of hydrogen-bond donors (Lipinski definition) is 2. The number of amides is 2. The summed E-state index contributed by atoms with van der Waals surface area (Å²) < 4.78 is 26.1. The van der Waals surface area contributed by atoms with Crippen LogP contribution in [0, 0.1) is 6.92 Å². The van der Waals surface area contributed by atoms with Crippen LogP contribution in [0.1, 0.15) is 28.4 Å². The number of aryl methyl sites for hydroxylation is 1. The summed E-state index contributed by atoms with van der Waals surface area (Å²) in [6, 6.07) is 22.3. The van der Waals surface area contributed by atoms with E-state index in [0.717, 1.165) is 21.7 Å². The molecule has 0 bridgehead atoms. The van der Waals surface area contributed by atoms with E-state index in [4.69, 9.17) is 0 Å². The van der Waals surface area contributed by atoms with Crippen molar-refractivity contribution in [2.75, 3.05) is 22.4 Å². The molecule has 178 valence electrons. The van der Waals surface area contributed by atoms with Crippen molar-refractivity contribution in [2.24, 2.45) is 0 Å². The quantitative estimate of drug-likeness (QED) is 0.489. The van der Waals surface area contributed by atoms with Gasteiger partial charge in [-0.3, -0.25) is 13.9 Å². The van der Waals surface area contributed by atoms with Crippen molar-refractivity contribution in [1.82, 2.24) is 5.32 Å². The Morgan fingerprint density at radius 2 is 1.53 bits per heavy atom. The molecule has 0 spiro atoms. The number of nitrogens with zero attached hydrogens (tertiary/aromatic N) is 1. The van der Waals surface area contributed by atoms with Crippen LogP contribution in [-0.2, 0) is 21.2 Å². The minimum atomic E-state index is -3.74.